The Morgan fingerprint density at radius 2 is 2.60 bits per heavy atom. The van der Waals surface area contributed by atoms with Crippen LogP contribution in [0, 0.1) is 10.1 Å². The average Bonchev–Trinajstić information content (AvgIpc) is 2.15. The molecule has 0 saturated carbocycles. The first-order valence-electron chi connectivity index (χ1n) is 2.71. The summed E-state index contributed by atoms with van der Waals surface area (Å²) in [6.45, 7) is -0.372. The lowest BCUT2D eigenvalue weighted by atomic mass is 10.3. The lowest BCUT2D eigenvalue weighted by Crippen LogP contribution is -2.29. The van der Waals surface area contributed by atoms with Crippen LogP contribution in [0.5, 0.6) is 0 Å². The minimum atomic E-state index is -0.894. The first-order chi connectivity index (χ1) is 4.70. The number of nitro groups is 1. The fourth-order valence-corrected chi connectivity index (χ4v) is 0.674. The van der Waals surface area contributed by atoms with Crippen molar-refractivity contribution in [2.24, 2.45) is 0 Å². The van der Waals surface area contributed by atoms with Gasteiger partial charge in [-0.25, -0.2) is 0 Å². The van der Waals surface area contributed by atoms with E-state index in [1.54, 1.807) is 0 Å². The molecule has 56 valence electrons. The van der Waals surface area contributed by atoms with Crippen LogP contribution < -0.4 is 5.32 Å². The Kier molecular flexibility index (Phi) is 1.81. The van der Waals surface area contributed by atoms with Gasteiger partial charge in [0, 0.05) is 4.92 Å². The summed E-state index contributed by atoms with van der Waals surface area (Å²) in [5.41, 5.74) is 0. The number of nitrogens with one attached hydrogen (secondary N) is 1. The van der Waals surface area contributed by atoms with Gasteiger partial charge in [0.1, 0.15) is 6.73 Å². The molecule has 1 N–H and O–H groups in total. The molecule has 1 aliphatic rings. The third-order valence-corrected chi connectivity index (χ3v) is 1.14. The molecule has 1 rings (SSSR count). The van der Waals surface area contributed by atoms with Crippen molar-refractivity contribution in [3.8, 4) is 0 Å². The van der Waals surface area contributed by atoms with Gasteiger partial charge >= 0.3 is 0 Å². The lowest BCUT2D eigenvalue weighted by molar-refractivity contribution is -0.487. The maximum absolute atomic E-state index is 10.6. The molecule has 1 saturated heterocycles. The monoisotopic (exact) mass is 146 g/mol. The highest BCUT2D eigenvalue weighted by molar-refractivity contribution is 5.82. The zero-order chi connectivity index (χ0) is 7.56. The van der Waals surface area contributed by atoms with E-state index in [0.29, 0.717) is 0 Å². The van der Waals surface area contributed by atoms with E-state index >= 15 is 0 Å². The van der Waals surface area contributed by atoms with Crippen LogP contribution in [0.1, 0.15) is 0 Å². The number of rotatable bonds is 2. The Hall–Kier alpha value is -1.17. The third kappa shape index (κ3) is 1.41. The molecular formula is C4H6N2O4. The smallest absolute Gasteiger partial charge is 0.257 e. The highest BCUT2D eigenvalue weighted by atomic mass is 16.6. The Morgan fingerprint density at radius 3 is 3.00 bits per heavy atom. The third-order valence-electron chi connectivity index (χ3n) is 1.14. The summed E-state index contributed by atoms with van der Waals surface area (Å²) in [6.07, 6.45) is -0.894. The highest BCUT2D eigenvalue weighted by Gasteiger charge is 2.29. The van der Waals surface area contributed by atoms with Gasteiger partial charge in [-0.1, -0.05) is 0 Å². The van der Waals surface area contributed by atoms with Crippen LogP contribution in [-0.4, -0.2) is 30.2 Å². The van der Waals surface area contributed by atoms with Gasteiger partial charge in [0.15, 0.2) is 0 Å². The number of hydrogen-bond donors (Lipinski definition) is 1. The standard InChI is InChI=1S/C4H6N2O4/c7-4-3(1-6(8)9)10-2-5-4/h3H,1-2H2,(H,5,7). The SMILES string of the molecule is O=C1NCOC1C[N+](=O)[O-]. The molecule has 1 fully saturated rings. The van der Waals surface area contributed by atoms with E-state index in [0.717, 1.165) is 0 Å². The molecule has 0 spiro atoms. The van der Waals surface area contributed by atoms with Gasteiger partial charge in [-0.05, 0) is 0 Å². The molecule has 0 aliphatic carbocycles. The van der Waals surface area contributed by atoms with E-state index in [-0.39, 0.29) is 6.73 Å². The average molecular weight is 146 g/mol. The first-order valence-corrected chi connectivity index (χ1v) is 2.71. The summed E-state index contributed by atoms with van der Waals surface area (Å²) < 4.78 is 4.67. The molecule has 1 heterocycles. The summed E-state index contributed by atoms with van der Waals surface area (Å²) >= 11 is 0. The summed E-state index contributed by atoms with van der Waals surface area (Å²) in [6, 6.07) is 0. The topological polar surface area (TPSA) is 81.5 Å². The fourth-order valence-electron chi connectivity index (χ4n) is 0.674. The molecule has 0 aromatic carbocycles. The van der Waals surface area contributed by atoms with E-state index in [1.165, 1.54) is 0 Å². The van der Waals surface area contributed by atoms with E-state index in [9.17, 15) is 14.9 Å². The molecule has 0 aromatic rings. The predicted octanol–water partition coefficient (Wildman–Crippen LogP) is -1.26. The van der Waals surface area contributed by atoms with E-state index in [1.807, 2.05) is 0 Å². The molecule has 1 amide bonds. The van der Waals surface area contributed by atoms with Crippen molar-refractivity contribution in [2.45, 2.75) is 6.10 Å². The summed E-state index contributed by atoms with van der Waals surface area (Å²) in [4.78, 5) is 19.8. The number of carbonyl (C=O) groups is 1. The second kappa shape index (κ2) is 2.61. The minimum Gasteiger partial charge on any atom is -0.341 e. The number of hydrogen-bond acceptors (Lipinski definition) is 4. The van der Waals surface area contributed by atoms with Gasteiger partial charge in [0.2, 0.25) is 12.6 Å². The van der Waals surface area contributed by atoms with Crippen molar-refractivity contribution in [1.82, 2.24) is 5.32 Å². The van der Waals surface area contributed by atoms with Crippen molar-refractivity contribution in [3.63, 3.8) is 0 Å². The van der Waals surface area contributed by atoms with Gasteiger partial charge in [0.25, 0.3) is 5.91 Å². The van der Waals surface area contributed by atoms with Gasteiger partial charge < -0.3 is 10.1 Å². The largest absolute Gasteiger partial charge is 0.341 e. The second-order valence-corrected chi connectivity index (χ2v) is 1.86. The number of carbonyl (C=O) groups excluding carboxylic acids is 1. The zero-order valence-corrected chi connectivity index (χ0v) is 5.07. The molecule has 6 nitrogen and oxygen atoms in total. The molecule has 6 heteroatoms. The van der Waals surface area contributed by atoms with Crippen LogP contribution in [0.25, 0.3) is 0 Å². The maximum atomic E-state index is 10.6. The molecule has 1 atom stereocenters. The predicted molar refractivity (Wildman–Crippen MR) is 29.7 cm³/mol. The Morgan fingerprint density at radius 1 is 1.90 bits per heavy atom. The summed E-state index contributed by atoms with van der Waals surface area (Å²) in [5, 5.41) is 12.2. The quantitative estimate of drug-likeness (QED) is 0.389. The van der Waals surface area contributed by atoms with Crippen molar-refractivity contribution >= 4 is 5.91 Å². The van der Waals surface area contributed by atoms with Crippen LogP contribution >= 0.6 is 0 Å². The molecular weight excluding hydrogens is 140 g/mol. The van der Waals surface area contributed by atoms with Crippen LogP contribution in [0.2, 0.25) is 0 Å². The van der Waals surface area contributed by atoms with Crippen LogP contribution in [0.4, 0.5) is 0 Å². The highest BCUT2D eigenvalue weighted by Crippen LogP contribution is 1.98. The van der Waals surface area contributed by atoms with Crippen molar-refractivity contribution in [3.05, 3.63) is 10.1 Å². The summed E-state index contributed by atoms with van der Waals surface area (Å²) in [5.74, 6) is -0.406. The second-order valence-electron chi connectivity index (χ2n) is 1.86. The Bertz CT molecular complexity index is 169. The molecule has 10 heavy (non-hydrogen) atoms. The zero-order valence-electron chi connectivity index (χ0n) is 5.07. The Labute approximate surface area is 56.3 Å². The van der Waals surface area contributed by atoms with Gasteiger partial charge in [-0.2, -0.15) is 0 Å². The number of nitrogens with zero attached hydrogens (tertiary/aromatic N) is 1. The van der Waals surface area contributed by atoms with Crippen molar-refractivity contribution in [2.75, 3.05) is 13.3 Å². The Balaban J connectivity index is 2.40. The van der Waals surface area contributed by atoms with E-state index in [4.69, 9.17) is 0 Å². The number of ether oxygens (including phenoxy) is 1. The lowest BCUT2D eigenvalue weighted by Gasteiger charge is -1.97. The summed E-state index contributed by atoms with van der Waals surface area (Å²) in [7, 11) is 0. The van der Waals surface area contributed by atoms with E-state index in [2.05, 4.69) is 10.1 Å². The normalized spacial score (nSPS) is 24.4. The minimum absolute atomic E-state index is 0.0807. The van der Waals surface area contributed by atoms with Gasteiger partial charge in [-0.3, -0.25) is 14.9 Å². The molecule has 0 aromatic heterocycles. The molecule has 0 radical (unpaired) electrons. The number of amides is 1. The van der Waals surface area contributed by atoms with Crippen LogP contribution in [0.15, 0.2) is 0 Å². The fraction of sp³-hybridized carbons (Fsp3) is 0.750. The van der Waals surface area contributed by atoms with Crippen LogP contribution in [0.3, 0.4) is 0 Å². The first kappa shape index (κ1) is 6.94. The van der Waals surface area contributed by atoms with E-state index < -0.39 is 23.5 Å². The van der Waals surface area contributed by atoms with Gasteiger partial charge in [-0.15, -0.1) is 0 Å². The van der Waals surface area contributed by atoms with Crippen molar-refractivity contribution in [1.29, 1.82) is 0 Å². The van der Waals surface area contributed by atoms with Crippen molar-refractivity contribution < 1.29 is 14.5 Å². The molecule has 1 unspecified atom stereocenters. The maximum Gasteiger partial charge on any atom is 0.257 e. The van der Waals surface area contributed by atoms with Gasteiger partial charge in [0.05, 0.1) is 0 Å². The van der Waals surface area contributed by atoms with Crippen LogP contribution in [-0.2, 0) is 9.53 Å². The molecule has 0 bridgehead atoms. The molecule has 1 aliphatic heterocycles.